The first kappa shape index (κ1) is 10.8. The fourth-order valence-corrected chi connectivity index (χ4v) is 2.50. The minimum absolute atomic E-state index is 0.197. The van der Waals surface area contributed by atoms with E-state index in [1.54, 1.807) is 12.1 Å². The van der Waals surface area contributed by atoms with Crippen molar-refractivity contribution in [3.63, 3.8) is 0 Å². The maximum Gasteiger partial charge on any atom is 0.227 e. The molecule has 1 fully saturated rings. The first-order valence-corrected chi connectivity index (χ1v) is 6.33. The van der Waals surface area contributed by atoms with Gasteiger partial charge in [-0.15, -0.1) is 0 Å². The molecule has 90 valence electrons. The van der Waals surface area contributed by atoms with Gasteiger partial charge in [-0.1, -0.05) is 12.8 Å². The van der Waals surface area contributed by atoms with Gasteiger partial charge in [0, 0.05) is 18.7 Å². The van der Waals surface area contributed by atoms with Gasteiger partial charge in [0.2, 0.25) is 5.91 Å². The summed E-state index contributed by atoms with van der Waals surface area (Å²) in [6.07, 6.45) is 5.01. The molecule has 0 bridgehead atoms. The predicted molar refractivity (Wildman–Crippen MR) is 64.4 cm³/mol. The Morgan fingerprint density at radius 1 is 1.41 bits per heavy atom. The number of hydrogen-bond acceptors (Lipinski definition) is 1. The van der Waals surface area contributed by atoms with Crippen LogP contribution in [0.4, 0.5) is 10.1 Å². The van der Waals surface area contributed by atoms with E-state index in [0.29, 0.717) is 13.0 Å². The van der Waals surface area contributed by atoms with Crippen LogP contribution in [0.5, 0.6) is 0 Å². The Kier molecular flexibility index (Phi) is 2.61. The van der Waals surface area contributed by atoms with Crippen molar-refractivity contribution in [2.75, 3.05) is 11.4 Å². The van der Waals surface area contributed by atoms with Gasteiger partial charge in [0.25, 0.3) is 0 Å². The fourth-order valence-electron chi connectivity index (χ4n) is 2.50. The number of benzene rings is 1. The number of anilines is 1. The summed E-state index contributed by atoms with van der Waals surface area (Å²) >= 11 is 0. The van der Waals surface area contributed by atoms with Crippen LogP contribution < -0.4 is 4.90 Å². The number of fused-ring (bicyclic) bond motifs is 1. The molecule has 1 aliphatic carbocycles. The second kappa shape index (κ2) is 4.13. The van der Waals surface area contributed by atoms with Crippen molar-refractivity contribution in [3.8, 4) is 0 Å². The van der Waals surface area contributed by atoms with Gasteiger partial charge in [0.15, 0.2) is 0 Å². The van der Waals surface area contributed by atoms with E-state index in [4.69, 9.17) is 0 Å². The highest BCUT2D eigenvalue weighted by Gasteiger charge is 2.27. The minimum atomic E-state index is -0.212. The van der Waals surface area contributed by atoms with Crippen molar-refractivity contribution in [1.29, 1.82) is 0 Å². The van der Waals surface area contributed by atoms with Crippen LogP contribution in [0, 0.1) is 11.7 Å². The van der Waals surface area contributed by atoms with E-state index < -0.39 is 0 Å². The third-order valence-electron chi connectivity index (χ3n) is 3.70. The molecule has 3 rings (SSSR count). The lowest BCUT2D eigenvalue weighted by molar-refractivity contribution is -0.118. The zero-order valence-electron chi connectivity index (χ0n) is 9.79. The van der Waals surface area contributed by atoms with Gasteiger partial charge in [0.05, 0.1) is 0 Å². The third-order valence-corrected chi connectivity index (χ3v) is 3.70. The molecule has 3 heteroatoms. The number of amides is 1. The van der Waals surface area contributed by atoms with Crippen LogP contribution in [-0.2, 0) is 11.2 Å². The van der Waals surface area contributed by atoms with Crippen LogP contribution in [0.3, 0.4) is 0 Å². The second-order valence-corrected chi connectivity index (χ2v) is 5.05. The zero-order chi connectivity index (χ0) is 11.8. The van der Waals surface area contributed by atoms with Crippen molar-refractivity contribution in [3.05, 3.63) is 29.6 Å². The third kappa shape index (κ3) is 2.19. The Labute approximate surface area is 100 Å². The molecule has 17 heavy (non-hydrogen) atoms. The Bertz CT molecular complexity index is 454. The van der Waals surface area contributed by atoms with Crippen LogP contribution in [0.25, 0.3) is 0 Å². The molecule has 1 aromatic carbocycles. The molecular weight excluding hydrogens is 217 g/mol. The molecule has 2 nitrogen and oxygen atoms in total. The average Bonchev–Trinajstić information content (AvgIpc) is 3.05. The maximum atomic E-state index is 13.0. The summed E-state index contributed by atoms with van der Waals surface area (Å²) in [6.45, 7) is 0.711. The van der Waals surface area contributed by atoms with Crippen molar-refractivity contribution in [2.24, 2.45) is 5.92 Å². The number of nitrogens with zero attached hydrogens (tertiary/aromatic N) is 1. The van der Waals surface area contributed by atoms with Crippen molar-refractivity contribution < 1.29 is 9.18 Å². The fraction of sp³-hybridized carbons (Fsp3) is 0.500. The zero-order valence-corrected chi connectivity index (χ0v) is 9.79. The molecule has 0 unspecified atom stereocenters. The van der Waals surface area contributed by atoms with Crippen LogP contribution in [-0.4, -0.2) is 12.5 Å². The smallest absolute Gasteiger partial charge is 0.227 e. The SMILES string of the molecule is O=C(CCC1CC1)N1CCc2cc(F)ccc21. The van der Waals surface area contributed by atoms with E-state index in [2.05, 4.69) is 0 Å². The predicted octanol–water partition coefficient (Wildman–Crippen LogP) is 2.91. The van der Waals surface area contributed by atoms with Gasteiger partial charge in [-0.25, -0.2) is 4.39 Å². The van der Waals surface area contributed by atoms with Crippen LogP contribution in [0.15, 0.2) is 18.2 Å². The molecule has 0 atom stereocenters. The summed E-state index contributed by atoms with van der Waals surface area (Å²) in [5.41, 5.74) is 1.87. The van der Waals surface area contributed by atoms with Gasteiger partial charge in [-0.05, 0) is 42.5 Å². The highest BCUT2D eigenvalue weighted by molar-refractivity contribution is 5.95. The molecule has 1 saturated carbocycles. The van der Waals surface area contributed by atoms with E-state index in [0.717, 1.165) is 30.0 Å². The van der Waals surface area contributed by atoms with E-state index in [1.807, 2.05) is 4.90 Å². The van der Waals surface area contributed by atoms with Crippen LogP contribution in [0.1, 0.15) is 31.2 Å². The van der Waals surface area contributed by atoms with E-state index >= 15 is 0 Å². The topological polar surface area (TPSA) is 20.3 Å². The lowest BCUT2D eigenvalue weighted by Gasteiger charge is -2.17. The van der Waals surface area contributed by atoms with Gasteiger partial charge >= 0.3 is 0 Å². The average molecular weight is 233 g/mol. The minimum Gasteiger partial charge on any atom is -0.312 e. The molecular formula is C14H16FNO. The molecule has 2 aliphatic rings. The lowest BCUT2D eigenvalue weighted by Crippen LogP contribution is -2.28. The van der Waals surface area contributed by atoms with Gasteiger partial charge in [-0.3, -0.25) is 4.79 Å². The molecule has 0 aromatic heterocycles. The monoisotopic (exact) mass is 233 g/mol. The van der Waals surface area contributed by atoms with E-state index in [1.165, 1.54) is 18.9 Å². The highest BCUT2D eigenvalue weighted by Crippen LogP contribution is 2.35. The quantitative estimate of drug-likeness (QED) is 0.786. The number of hydrogen-bond donors (Lipinski definition) is 0. The Morgan fingerprint density at radius 3 is 3.00 bits per heavy atom. The number of carbonyl (C=O) groups is 1. The standard InChI is InChI=1S/C14H16FNO/c15-12-4-5-13-11(9-12)7-8-16(13)14(17)6-3-10-1-2-10/h4-5,9-10H,1-3,6-8H2. The molecule has 1 aromatic rings. The van der Waals surface area contributed by atoms with Crippen molar-refractivity contribution in [1.82, 2.24) is 0 Å². The van der Waals surface area contributed by atoms with Gasteiger partial charge in [-0.2, -0.15) is 0 Å². The van der Waals surface area contributed by atoms with Gasteiger partial charge in [0.1, 0.15) is 5.82 Å². The largest absolute Gasteiger partial charge is 0.312 e. The molecule has 0 saturated heterocycles. The number of rotatable bonds is 3. The first-order valence-electron chi connectivity index (χ1n) is 6.33. The summed E-state index contributed by atoms with van der Waals surface area (Å²) < 4.78 is 13.0. The van der Waals surface area contributed by atoms with Crippen LogP contribution >= 0.6 is 0 Å². The van der Waals surface area contributed by atoms with Gasteiger partial charge < -0.3 is 4.90 Å². The molecule has 0 N–H and O–H groups in total. The summed E-state index contributed by atoms with van der Waals surface area (Å²) in [5.74, 6) is 0.771. The molecule has 1 amide bonds. The highest BCUT2D eigenvalue weighted by atomic mass is 19.1. The van der Waals surface area contributed by atoms with E-state index in [-0.39, 0.29) is 11.7 Å². The summed E-state index contributed by atoms with van der Waals surface area (Å²) in [7, 11) is 0. The van der Waals surface area contributed by atoms with Crippen molar-refractivity contribution in [2.45, 2.75) is 32.1 Å². The Balaban J connectivity index is 1.71. The summed E-state index contributed by atoms with van der Waals surface area (Å²) in [6, 6.07) is 4.71. The normalized spacial score (nSPS) is 18.3. The van der Waals surface area contributed by atoms with E-state index in [9.17, 15) is 9.18 Å². The van der Waals surface area contributed by atoms with Crippen LogP contribution in [0.2, 0.25) is 0 Å². The number of carbonyl (C=O) groups excluding carboxylic acids is 1. The van der Waals surface area contributed by atoms with Crippen molar-refractivity contribution >= 4 is 11.6 Å². The first-order chi connectivity index (χ1) is 8.24. The molecule has 0 radical (unpaired) electrons. The Hall–Kier alpha value is -1.38. The maximum absolute atomic E-state index is 13.0. The second-order valence-electron chi connectivity index (χ2n) is 5.05. The molecule has 0 spiro atoms. The summed E-state index contributed by atoms with van der Waals surface area (Å²) in [4.78, 5) is 13.9. The summed E-state index contributed by atoms with van der Waals surface area (Å²) in [5, 5.41) is 0. The Morgan fingerprint density at radius 2 is 2.24 bits per heavy atom. The molecule has 1 heterocycles. The molecule has 1 aliphatic heterocycles. The lowest BCUT2D eigenvalue weighted by atomic mass is 10.1. The number of halogens is 1.